The van der Waals surface area contributed by atoms with E-state index >= 15 is 0 Å². The summed E-state index contributed by atoms with van der Waals surface area (Å²) in [6, 6.07) is 0. The molecule has 1 nitrogen and oxygen atoms in total. The number of alkyl halides is 2. The summed E-state index contributed by atoms with van der Waals surface area (Å²) in [4.78, 5) is 0. The number of rotatable bonds is 2. The van der Waals surface area contributed by atoms with E-state index < -0.39 is 17.2 Å². The zero-order valence-corrected chi connectivity index (χ0v) is 6.78. The van der Waals surface area contributed by atoms with Gasteiger partial charge in [0.1, 0.15) is 11.1 Å². The first-order valence-electron chi connectivity index (χ1n) is 3.25. The van der Waals surface area contributed by atoms with Gasteiger partial charge in [0.2, 0.25) is 0 Å². The highest BCUT2D eigenvalue weighted by Gasteiger charge is 2.45. The second kappa shape index (κ2) is 2.53. The highest BCUT2D eigenvalue weighted by Crippen LogP contribution is 2.27. The Labute approximate surface area is 61.6 Å². The lowest BCUT2D eigenvalue weighted by Gasteiger charge is -2.33. The molecule has 0 heterocycles. The molecule has 0 saturated carbocycles. The zero-order valence-electron chi connectivity index (χ0n) is 6.78. The Morgan fingerprint density at radius 3 is 1.70 bits per heavy atom. The van der Waals surface area contributed by atoms with Crippen LogP contribution in [0.3, 0.4) is 0 Å². The molecular weight excluding hydrogens is 136 g/mol. The van der Waals surface area contributed by atoms with Crippen LogP contribution >= 0.6 is 0 Å². The Hall–Kier alpha value is -0.0501. The maximum absolute atomic E-state index is 13.1. The molecule has 1 N–H and O–H groups in total. The summed E-state index contributed by atoms with van der Waals surface area (Å²) in [5.74, 6) is 0. The lowest BCUT2D eigenvalue weighted by atomic mass is 9.60. The van der Waals surface area contributed by atoms with Crippen LogP contribution in [0.15, 0.2) is 0 Å². The predicted molar refractivity (Wildman–Crippen MR) is 42.1 cm³/mol. The molecule has 3 unspecified atom stereocenters. The highest BCUT2D eigenvalue weighted by atomic mass is 19.2. The highest BCUT2D eigenvalue weighted by molar-refractivity contribution is 6.25. The fourth-order valence-electron chi connectivity index (χ4n) is 0.497. The minimum Gasteiger partial charge on any atom is -0.391 e. The summed E-state index contributed by atoms with van der Waals surface area (Å²) in [7, 11) is 2.16. The molecule has 0 spiro atoms. The Kier molecular flexibility index (Phi) is 2.52. The van der Waals surface area contributed by atoms with E-state index in [-0.39, 0.29) is 0 Å². The summed E-state index contributed by atoms with van der Waals surface area (Å²) in [6.45, 7) is 2.35. The van der Waals surface area contributed by atoms with E-state index in [2.05, 4.69) is 0 Å². The quantitative estimate of drug-likeness (QED) is 0.497. The van der Waals surface area contributed by atoms with Crippen LogP contribution in [-0.4, -0.2) is 38.0 Å². The molecule has 0 aliphatic carbocycles. The van der Waals surface area contributed by atoms with Crippen LogP contribution in [0.2, 0.25) is 0 Å². The second-order valence-electron chi connectivity index (χ2n) is 3.22. The van der Waals surface area contributed by atoms with Crippen molar-refractivity contribution < 1.29 is 13.9 Å². The average molecular weight is 148 g/mol. The predicted octanol–water partition coefficient (Wildman–Crippen LogP) is -1.02. The van der Waals surface area contributed by atoms with Crippen molar-refractivity contribution in [3.05, 3.63) is 0 Å². The maximum atomic E-state index is 13.1. The molecule has 0 fully saturated rings. The van der Waals surface area contributed by atoms with Gasteiger partial charge in [-0.25, -0.2) is 4.39 Å². The molecule has 0 rings (SSSR count). The van der Waals surface area contributed by atoms with Crippen LogP contribution < -0.4 is 0 Å². The SMILES string of the molecule is BC(C)(F)C(B)(F)C(C)O. The van der Waals surface area contributed by atoms with Crippen molar-refractivity contribution in [1.29, 1.82) is 0 Å². The maximum Gasteiger partial charge on any atom is 0.156 e. The van der Waals surface area contributed by atoms with Crippen molar-refractivity contribution >= 4 is 15.7 Å². The third-order valence-electron chi connectivity index (χ3n) is 1.95. The molecule has 0 saturated heterocycles. The van der Waals surface area contributed by atoms with E-state index in [9.17, 15) is 8.78 Å². The Morgan fingerprint density at radius 2 is 1.70 bits per heavy atom. The van der Waals surface area contributed by atoms with Crippen LogP contribution in [0.25, 0.3) is 0 Å². The molecule has 0 bridgehead atoms. The van der Waals surface area contributed by atoms with Gasteiger partial charge in [-0.3, -0.25) is 4.39 Å². The van der Waals surface area contributed by atoms with Crippen LogP contribution in [0.4, 0.5) is 8.78 Å². The monoisotopic (exact) mass is 148 g/mol. The summed E-state index contributed by atoms with van der Waals surface area (Å²) >= 11 is 0. The van der Waals surface area contributed by atoms with E-state index in [1.807, 2.05) is 0 Å². The lowest BCUT2D eigenvalue weighted by Crippen LogP contribution is -2.53. The van der Waals surface area contributed by atoms with Crippen LogP contribution in [0.5, 0.6) is 0 Å². The van der Waals surface area contributed by atoms with E-state index in [0.717, 1.165) is 22.6 Å². The number of aliphatic hydroxyl groups is 1. The Balaban J connectivity index is 4.40. The third kappa shape index (κ3) is 1.72. The van der Waals surface area contributed by atoms with E-state index in [4.69, 9.17) is 5.11 Å². The summed E-state index contributed by atoms with van der Waals surface area (Å²) in [6.07, 6.45) is -1.28. The minimum absolute atomic E-state index is 1.05. The van der Waals surface area contributed by atoms with Crippen molar-refractivity contribution in [3.63, 3.8) is 0 Å². The first-order chi connectivity index (χ1) is 4.19. The first-order valence-corrected chi connectivity index (χ1v) is 3.25. The molecule has 10 heavy (non-hydrogen) atoms. The lowest BCUT2D eigenvalue weighted by molar-refractivity contribution is -0.00608. The largest absolute Gasteiger partial charge is 0.391 e. The average Bonchev–Trinajstić information content (AvgIpc) is 1.62. The summed E-state index contributed by atoms with van der Waals surface area (Å²) in [5.41, 5.74) is -4.17. The number of hydrogen-bond acceptors (Lipinski definition) is 1. The van der Waals surface area contributed by atoms with E-state index in [1.165, 1.54) is 6.92 Å². The minimum atomic E-state index is -2.17. The molecule has 5 heteroatoms. The summed E-state index contributed by atoms with van der Waals surface area (Å²) < 4.78 is 26.0. The topological polar surface area (TPSA) is 20.2 Å². The Morgan fingerprint density at radius 1 is 1.40 bits per heavy atom. The van der Waals surface area contributed by atoms with Crippen molar-refractivity contribution in [2.24, 2.45) is 0 Å². The van der Waals surface area contributed by atoms with Gasteiger partial charge < -0.3 is 5.11 Å². The number of halogens is 2. The van der Waals surface area contributed by atoms with Crippen molar-refractivity contribution in [2.75, 3.05) is 0 Å². The molecule has 0 aliphatic heterocycles. The molecule has 0 aromatic rings. The molecule has 0 radical (unpaired) electrons. The molecule has 0 aromatic carbocycles. The van der Waals surface area contributed by atoms with Gasteiger partial charge in [-0.2, -0.15) is 0 Å². The normalized spacial score (nSPS) is 26.5. The fraction of sp³-hybridized carbons (Fsp3) is 1.00. The molecule has 0 aliphatic rings. The van der Waals surface area contributed by atoms with E-state index in [1.54, 1.807) is 0 Å². The smallest absolute Gasteiger partial charge is 0.156 e. The number of aliphatic hydroxyl groups excluding tert-OH is 1. The molecule has 0 amide bonds. The third-order valence-corrected chi connectivity index (χ3v) is 1.95. The molecule has 0 aromatic heterocycles. The Bertz CT molecular complexity index is 119. The van der Waals surface area contributed by atoms with Crippen LogP contribution in [0.1, 0.15) is 13.8 Å². The van der Waals surface area contributed by atoms with Gasteiger partial charge in [-0.1, -0.05) is 0 Å². The van der Waals surface area contributed by atoms with Gasteiger partial charge in [0.25, 0.3) is 0 Å². The zero-order chi connectivity index (χ0) is 8.58. The summed E-state index contributed by atoms with van der Waals surface area (Å²) in [5, 5.41) is 8.80. The van der Waals surface area contributed by atoms with Gasteiger partial charge in [-0.05, 0) is 13.8 Å². The molecule has 58 valence electrons. The van der Waals surface area contributed by atoms with Crippen molar-refractivity contribution in [1.82, 2.24) is 0 Å². The van der Waals surface area contributed by atoms with Crippen molar-refractivity contribution in [2.45, 2.75) is 31.1 Å². The van der Waals surface area contributed by atoms with Gasteiger partial charge >= 0.3 is 0 Å². The van der Waals surface area contributed by atoms with Crippen LogP contribution in [-0.2, 0) is 0 Å². The molecule has 3 atom stereocenters. The van der Waals surface area contributed by atoms with Crippen LogP contribution in [0, 0.1) is 0 Å². The fourth-order valence-corrected chi connectivity index (χ4v) is 0.497. The molecular formula is C5H12B2F2O. The second-order valence-corrected chi connectivity index (χ2v) is 3.22. The standard InChI is InChI=1S/C5H12B2F2O/c1-3(10)5(7,9)4(2,6)8/h3,10H,6-7H2,1-2H3. The van der Waals surface area contributed by atoms with Gasteiger partial charge in [0.15, 0.2) is 15.7 Å². The van der Waals surface area contributed by atoms with Crippen molar-refractivity contribution in [3.8, 4) is 0 Å². The first kappa shape index (κ1) is 9.95. The van der Waals surface area contributed by atoms with E-state index in [0.29, 0.717) is 0 Å². The van der Waals surface area contributed by atoms with Gasteiger partial charge in [-0.15, -0.1) is 0 Å². The van der Waals surface area contributed by atoms with Gasteiger partial charge in [0, 0.05) is 0 Å². The number of hydrogen-bond donors (Lipinski definition) is 1. The van der Waals surface area contributed by atoms with Gasteiger partial charge in [0.05, 0.1) is 6.10 Å².